The summed E-state index contributed by atoms with van der Waals surface area (Å²) in [4.78, 5) is 0. The predicted octanol–water partition coefficient (Wildman–Crippen LogP) is 3.85. The standard InChI is InChI=1S/C15H24ClNO/c1-4-8-17-11-14(9-12(2)18-3)13-6-5-7-15(16)10-13/h5-7,10,12,14,17H,4,8-9,11H2,1-3H3. The van der Waals surface area contributed by atoms with Crippen molar-refractivity contribution in [3.63, 3.8) is 0 Å². The van der Waals surface area contributed by atoms with E-state index in [1.165, 1.54) is 5.56 Å². The zero-order valence-corrected chi connectivity index (χ0v) is 12.3. The van der Waals surface area contributed by atoms with Crippen molar-refractivity contribution in [1.82, 2.24) is 5.32 Å². The number of nitrogens with one attached hydrogen (secondary N) is 1. The molecule has 1 aromatic rings. The molecule has 2 atom stereocenters. The fourth-order valence-corrected chi connectivity index (χ4v) is 2.25. The van der Waals surface area contributed by atoms with Crippen LogP contribution in [0.2, 0.25) is 5.02 Å². The molecule has 0 aliphatic heterocycles. The lowest BCUT2D eigenvalue weighted by atomic mass is 9.93. The van der Waals surface area contributed by atoms with Gasteiger partial charge >= 0.3 is 0 Å². The van der Waals surface area contributed by atoms with E-state index >= 15 is 0 Å². The molecule has 0 aliphatic rings. The summed E-state index contributed by atoms with van der Waals surface area (Å²) in [7, 11) is 1.76. The van der Waals surface area contributed by atoms with Gasteiger partial charge in [0.15, 0.2) is 0 Å². The molecular formula is C15H24ClNO. The van der Waals surface area contributed by atoms with Crippen molar-refractivity contribution < 1.29 is 4.74 Å². The zero-order valence-electron chi connectivity index (χ0n) is 11.6. The van der Waals surface area contributed by atoms with E-state index in [-0.39, 0.29) is 6.10 Å². The molecule has 0 heterocycles. The maximum absolute atomic E-state index is 6.07. The molecule has 3 heteroatoms. The minimum atomic E-state index is 0.261. The third kappa shape index (κ3) is 5.38. The predicted molar refractivity (Wildman–Crippen MR) is 78.4 cm³/mol. The Morgan fingerprint density at radius 3 is 2.78 bits per heavy atom. The van der Waals surface area contributed by atoms with E-state index in [4.69, 9.17) is 16.3 Å². The molecule has 1 aromatic carbocycles. The maximum atomic E-state index is 6.07. The third-order valence-corrected chi connectivity index (χ3v) is 3.39. The van der Waals surface area contributed by atoms with E-state index in [9.17, 15) is 0 Å². The highest BCUT2D eigenvalue weighted by Crippen LogP contribution is 2.24. The molecule has 2 nitrogen and oxygen atoms in total. The Hall–Kier alpha value is -0.570. The van der Waals surface area contributed by atoms with Crippen molar-refractivity contribution in [3.8, 4) is 0 Å². The quantitative estimate of drug-likeness (QED) is 0.724. The van der Waals surface area contributed by atoms with Gasteiger partial charge in [-0.15, -0.1) is 0 Å². The van der Waals surface area contributed by atoms with E-state index in [1.54, 1.807) is 7.11 Å². The fraction of sp³-hybridized carbons (Fsp3) is 0.600. The molecule has 1 N–H and O–H groups in total. The number of benzene rings is 1. The van der Waals surface area contributed by atoms with Crippen molar-refractivity contribution in [1.29, 1.82) is 0 Å². The monoisotopic (exact) mass is 269 g/mol. The van der Waals surface area contributed by atoms with Crippen molar-refractivity contribution in [2.24, 2.45) is 0 Å². The minimum Gasteiger partial charge on any atom is -0.382 e. The number of halogens is 1. The van der Waals surface area contributed by atoms with Crippen LogP contribution in [0, 0.1) is 0 Å². The highest BCUT2D eigenvalue weighted by molar-refractivity contribution is 6.30. The van der Waals surface area contributed by atoms with Crippen molar-refractivity contribution in [2.75, 3.05) is 20.2 Å². The van der Waals surface area contributed by atoms with Gasteiger partial charge in [0.05, 0.1) is 6.10 Å². The van der Waals surface area contributed by atoms with Gasteiger partial charge in [0, 0.05) is 18.7 Å². The zero-order chi connectivity index (χ0) is 13.4. The lowest BCUT2D eigenvalue weighted by Gasteiger charge is -2.21. The highest BCUT2D eigenvalue weighted by Gasteiger charge is 2.15. The number of rotatable bonds is 8. The Kier molecular flexibility index (Phi) is 7.33. The first-order valence-electron chi connectivity index (χ1n) is 6.66. The second kappa shape index (κ2) is 8.52. The van der Waals surface area contributed by atoms with Crippen LogP contribution < -0.4 is 5.32 Å². The molecule has 0 aliphatic carbocycles. The Morgan fingerprint density at radius 1 is 1.39 bits per heavy atom. The molecule has 102 valence electrons. The summed E-state index contributed by atoms with van der Waals surface area (Å²) in [6, 6.07) is 8.14. The van der Waals surface area contributed by atoms with Gasteiger partial charge in [0.25, 0.3) is 0 Å². The second-order valence-electron chi connectivity index (χ2n) is 4.74. The van der Waals surface area contributed by atoms with Crippen LogP contribution >= 0.6 is 11.6 Å². The second-order valence-corrected chi connectivity index (χ2v) is 5.17. The van der Waals surface area contributed by atoms with Gasteiger partial charge in [-0.3, -0.25) is 0 Å². The molecule has 0 bridgehead atoms. The number of ether oxygens (including phenoxy) is 1. The van der Waals surface area contributed by atoms with Crippen molar-refractivity contribution in [2.45, 2.75) is 38.7 Å². The first kappa shape index (κ1) is 15.5. The molecule has 0 spiro atoms. The molecular weight excluding hydrogens is 246 g/mol. The summed E-state index contributed by atoms with van der Waals surface area (Å²) >= 11 is 6.07. The summed E-state index contributed by atoms with van der Waals surface area (Å²) in [5.41, 5.74) is 1.29. The van der Waals surface area contributed by atoms with Gasteiger partial charge in [-0.25, -0.2) is 0 Å². The van der Waals surface area contributed by atoms with Crippen LogP contribution in [0.4, 0.5) is 0 Å². The lowest BCUT2D eigenvalue weighted by molar-refractivity contribution is 0.104. The van der Waals surface area contributed by atoms with Crippen molar-refractivity contribution in [3.05, 3.63) is 34.9 Å². The normalized spacial score (nSPS) is 14.4. The van der Waals surface area contributed by atoms with E-state index in [2.05, 4.69) is 31.3 Å². The van der Waals surface area contributed by atoms with Gasteiger partial charge in [0.2, 0.25) is 0 Å². The van der Waals surface area contributed by atoms with Gasteiger partial charge in [-0.2, -0.15) is 0 Å². The molecule has 0 aromatic heterocycles. The maximum Gasteiger partial charge on any atom is 0.0549 e. The van der Waals surface area contributed by atoms with Crippen LogP contribution in [0.1, 0.15) is 38.2 Å². The van der Waals surface area contributed by atoms with E-state index in [1.807, 2.05) is 12.1 Å². The van der Waals surface area contributed by atoms with Gasteiger partial charge in [0.1, 0.15) is 0 Å². The first-order chi connectivity index (χ1) is 8.67. The van der Waals surface area contributed by atoms with Crippen LogP contribution in [0.5, 0.6) is 0 Å². The summed E-state index contributed by atoms with van der Waals surface area (Å²) in [6.07, 6.45) is 2.42. The smallest absolute Gasteiger partial charge is 0.0549 e. The Bertz CT molecular complexity index is 343. The highest BCUT2D eigenvalue weighted by atomic mass is 35.5. The van der Waals surface area contributed by atoms with Gasteiger partial charge in [-0.05, 0) is 49.9 Å². The summed E-state index contributed by atoms with van der Waals surface area (Å²) < 4.78 is 5.38. The first-order valence-corrected chi connectivity index (χ1v) is 7.04. The molecule has 18 heavy (non-hydrogen) atoms. The van der Waals surface area contributed by atoms with Crippen molar-refractivity contribution >= 4 is 11.6 Å². The Balaban J connectivity index is 2.69. The summed E-state index contributed by atoms with van der Waals surface area (Å²) in [5, 5.41) is 4.29. The number of hydrogen-bond acceptors (Lipinski definition) is 2. The van der Waals surface area contributed by atoms with Crippen LogP contribution in [-0.4, -0.2) is 26.3 Å². The van der Waals surface area contributed by atoms with E-state index in [0.29, 0.717) is 5.92 Å². The number of methoxy groups -OCH3 is 1. The molecule has 0 amide bonds. The minimum absolute atomic E-state index is 0.261. The SMILES string of the molecule is CCCNCC(CC(C)OC)c1cccc(Cl)c1. The van der Waals surface area contributed by atoms with Crippen LogP contribution in [0.25, 0.3) is 0 Å². The number of hydrogen-bond donors (Lipinski definition) is 1. The Morgan fingerprint density at radius 2 is 2.17 bits per heavy atom. The van der Waals surface area contributed by atoms with E-state index in [0.717, 1.165) is 31.0 Å². The largest absolute Gasteiger partial charge is 0.382 e. The molecule has 0 fully saturated rings. The molecule has 0 radical (unpaired) electrons. The average Bonchev–Trinajstić information content (AvgIpc) is 2.37. The molecule has 2 unspecified atom stereocenters. The Labute approximate surface area is 116 Å². The van der Waals surface area contributed by atoms with Gasteiger partial charge < -0.3 is 10.1 Å². The summed E-state index contributed by atoms with van der Waals surface area (Å²) in [5.74, 6) is 0.449. The molecule has 0 saturated heterocycles. The lowest BCUT2D eigenvalue weighted by Crippen LogP contribution is -2.25. The van der Waals surface area contributed by atoms with Crippen LogP contribution in [0.3, 0.4) is 0 Å². The molecule has 1 rings (SSSR count). The van der Waals surface area contributed by atoms with Gasteiger partial charge in [-0.1, -0.05) is 30.7 Å². The van der Waals surface area contributed by atoms with E-state index < -0.39 is 0 Å². The van der Waals surface area contributed by atoms with Crippen LogP contribution in [0.15, 0.2) is 24.3 Å². The van der Waals surface area contributed by atoms with Crippen LogP contribution in [-0.2, 0) is 4.74 Å². The summed E-state index contributed by atoms with van der Waals surface area (Å²) in [6.45, 7) is 6.32. The topological polar surface area (TPSA) is 21.3 Å². The molecule has 0 saturated carbocycles. The third-order valence-electron chi connectivity index (χ3n) is 3.16. The fourth-order valence-electron chi connectivity index (χ4n) is 2.05. The average molecular weight is 270 g/mol.